The third-order valence-electron chi connectivity index (χ3n) is 3.94. The number of carbonyl (C=O) groups excluding carboxylic acids is 2. The van der Waals surface area contributed by atoms with E-state index in [4.69, 9.17) is 0 Å². The smallest absolute Gasteiger partial charge is 0.261 e. The molecule has 3 rings (SSSR count). The van der Waals surface area contributed by atoms with Gasteiger partial charge in [-0.05, 0) is 43.3 Å². The van der Waals surface area contributed by atoms with Crippen molar-refractivity contribution in [2.45, 2.75) is 25.7 Å². The summed E-state index contributed by atoms with van der Waals surface area (Å²) in [6, 6.07) is 7.92. The fourth-order valence-corrected chi connectivity index (χ4v) is 4.28. The number of nitrogens with one attached hydrogen (secondary N) is 2. The van der Waals surface area contributed by atoms with Crippen LogP contribution in [0.4, 0.5) is 0 Å². The van der Waals surface area contributed by atoms with Crippen LogP contribution in [-0.4, -0.2) is 24.9 Å². The molecule has 2 N–H and O–H groups in total. The molecule has 1 aliphatic rings. The Kier molecular flexibility index (Phi) is 5.13. The first-order valence-electron chi connectivity index (χ1n) is 7.81. The van der Waals surface area contributed by atoms with Crippen LogP contribution in [0.3, 0.4) is 0 Å². The van der Waals surface area contributed by atoms with Gasteiger partial charge in [0.05, 0.1) is 4.88 Å². The van der Waals surface area contributed by atoms with E-state index >= 15 is 0 Å². The van der Waals surface area contributed by atoms with Gasteiger partial charge in [0, 0.05) is 34.7 Å². The van der Waals surface area contributed by atoms with Gasteiger partial charge in [0.15, 0.2) is 0 Å². The zero-order valence-electron chi connectivity index (χ0n) is 13.0. The van der Waals surface area contributed by atoms with Gasteiger partial charge in [-0.3, -0.25) is 9.59 Å². The first-order valence-corrected chi connectivity index (χ1v) is 9.50. The number of carbonyl (C=O) groups is 2. The molecule has 0 radical (unpaired) electrons. The average Bonchev–Trinajstić information content (AvgIpc) is 2.95. The van der Waals surface area contributed by atoms with Crippen LogP contribution in [0.25, 0.3) is 0 Å². The van der Waals surface area contributed by atoms with Crippen molar-refractivity contribution in [3.8, 4) is 0 Å². The molecule has 4 nitrogen and oxygen atoms in total. The zero-order valence-corrected chi connectivity index (χ0v) is 14.6. The zero-order chi connectivity index (χ0) is 16.2. The molecule has 122 valence electrons. The van der Waals surface area contributed by atoms with Gasteiger partial charge in [-0.25, -0.2) is 0 Å². The maximum absolute atomic E-state index is 12.1. The Bertz CT molecular complexity index is 679. The second-order valence-electron chi connectivity index (χ2n) is 5.77. The number of aryl methyl sites for hydroxylation is 1. The van der Waals surface area contributed by atoms with Gasteiger partial charge in [0.25, 0.3) is 5.91 Å². The molecule has 1 saturated carbocycles. The van der Waals surface area contributed by atoms with Gasteiger partial charge in [0.2, 0.25) is 5.91 Å². The summed E-state index contributed by atoms with van der Waals surface area (Å²) in [4.78, 5) is 27.2. The van der Waals surface area contributed by atoms with Crippen LogP contribution in [0, 0.1) is 12.8 Å². The minimum atomic E-state index is -0.0401. The average molecular weight is 348 g/mol. The van der Waals surface area contributed by atoms with Crippen molar-refractivity contribution in [2.75, 3.05) is 13.1 Å². The van der Waals surface area contributed by atoms with Crippen molar-refractivity contribution >= 4 is 34.5 Å². The van der Waals surface area contributed by atoms with E-state index in [1.165, 1.54) is 21.1 Å². The SMILES string of the molecule is Cc1ccc([C@@H]2C[C@H]2C(=O)NCCCNC(=O)c2cccs2)s1. The molecule has 0 aromatic carbocycles. The predicted octanol–water partition coefficient (Wildman–Crippen LogP) is 3.16. The first kappa shape index (κ1) is 16.2. The van der Waals surface area contributed by atoms with Crippen LogP contribution >= 0.6 is 22.7 Å². The van der Waals surface area contributed by atoms with Crippen molar-refractivity contribution in [3.05, 3.63) is 44.3 Å². The molecular weight excluding hydrogens is 328 g/mol. The van der Waals surface area contributed by atoms with E-state index in [1.807, 2.05) is 11.4 Å². The number of thiophene rings is 2. The summed E-state index contributed by atoms with van der Waals surface area (Å²) < 4.78 is 0. The topological polar surface area (TPSA) is 58.2 Å². The Hall–Kier alpha value is -1.66. The number of amides is 2. The summed E-state index contributed by atoms with van der Waals surface area (Å²) in [5, 5.41) is 7.72. The van der Waals surface area contributed by atoms with Crippen molar-refractivity contribution in [1.82, 2.24) is 10.6 Å². The van der Waals surface area contributed by atoms with Crippen LogP contribution in [-0.2, 0) is 4.79 Å². The van der Waals surface area contributed by atoms with E-state index in [9.17, 15) is 9.59 Å². The minimum absolute atomic E-state index is 0.0401. The van der Waals surface area contributed by atoms with E-state index in [0.717, 1.165) is 17.7 Å². The monoisotopic (exact) mass is 348 g/mol. The van der Waals surface area contributed by atoms with Gasteiger partial charge in [0.1, 0.15) is 0 Å². The van der Waals surface area contributed by atoms with Crippen LogP contribution in [0.1, 0.15) is 38.2 Å². The third kappa shape index (κ3) is 4.20. The van der Waals surface area contributed by atoms with E-state index < -0.39 is 0 Å². The van der Waals surface area contributed by atoms with Gasteiger partial charge in [-0.1, -0.05) is 6.07 Å². The highest BCUT2D eigenvalue weighted by molar-refractivity contribution is 7.12. The maximum Gasteiger partial charge on any atom is 0.261 e. The fraction of sp³-hybridized carbons (Fsp3) is 0.412. The van der Waals surface area contributed by atoms with Crippen molar-refractivity contribution in [2.24, 2.45) is 5.92 Å². The van der Waals surface area contributed by atoms with Crippen molar-refractivity contribution in [1.29, 1.82) is 0 Å². The number of rotatable bonds is 7. The van der Waals surface area contributed by atoms with Crippen molar-refractivity contribution < 1.29 is 9.59 Å². The molecule has 1 aliphatic carbocycles. The molecule has 23 heavy (non-hydrogen) atoms. The molecule has 0 spiro atoms. The van der Waals surface area contributed by atoms with Crippen LogP contribution < -0.4 is 10.6 Å². The molecule has 0 unspecified atom stereocenters. The summed E-state index contributed by atoms with van der Waals surface area (Å²) in [5.74, 6) is 0.647. The maximum atomic E-state index is 12.1. The lowest BCUT2D eigenvalue weighted by Gasteiger charge is -2.06. The lowest BCUT2D eigenvalue weighted by molar-refractivity contribution is -0.122. The molecule has 0 aliphatic heterocycles. The molecule has 2 aromatic rings. The molecule has 2 amide bonds. The summed E-state index contributed by atoms with van der Waals surface area (Å²) in [7, 11) is 0. The molecule has 2 atom stereocenters. The highest BCUT2D eigenvalue weighted by Crippen LogP contribution is 2.49. The molecule has 1 fully saturated rings. The Morgan fingerprint density at radius 2 is 2.04 bits per heavy atom. The van der Waals surface area contributed by atoms with Gasteiger partial charge < -0.3 is 10.6 Å². The van der Waals surface area contributed by atoms with Gasteiger partial charge in [-0.2, -0.15) is 0 Å². The second kappa shape index (κ2) is 7.27. The number of hydrogen-bond acceptors (Lipinski definition) is 4. The molecule has 0 saturated heterocycles. The van der Waals surface area contributed by atoms with Crippen LogP contribution in [0.15, 0.2) is 29.6 Å². The standard InChI is InChI=1S/C17H20N2O2S2/c1-11-5-6-14(23-11)12-10-13(12)16(20)18-7-3-8-19-17(21)15-4-2-9-22-15/h2,4-6,9,12-13H,3,7-8,10H2,1H3,(H,18,20)(H,19,21)/t12-,13-/m1/s1. The van der Waals surface area contributed by atoms with E-state index in [1.54, 1.807) is 17.4 Å². The Labute approximate surface area is 143 Å². The molecule has 2 heterocycles. The molecule has 0 bridgehead atoms. The van der Waals surface area contributed by atoms with Crippen LogP contribution in [0.2, 0.25) is 0 Å². The Morgan fingerprint density at radius 3 is 2.74 bits per heavy atom. The molecule has 6 heteroatoms. The van der Waals surface area contributed by atoms with Crippen LogP contribution in [0.5, 0.6) is 0 Å². The van der Waals surface area contributed by atoms with Crippen molar-refractivity contribution in [3.63, 3.8) is 0 Å². The van der Waals surface area contributed by atoms with Gasteiger partial charge >= 0.3 is 0 Å². The van der Waals surface area contributed by atoms with Gasteiger partial charge in [-0.15, -0.1) is 22.7 Å². The second-order valence-corrected chi connectivity index (χ2v) is 8.04. The van der Waals surface area contributed by atoms with E-state index in [2.05, 4.69) is 29.7 Å². The van der Waals surface area contributed by atoms with E-state index in [-0.39, 0.29) is 17.7 Å². The molecular formula is C17H20N2O2S2. The lowest BCUT2D eigenvalue weighted by atomic mass is 10.2. The predicted molar refractivity (Wildman–Crippen MR) is 94.2 cm³/mol. The summed E-state index contributed by atoms with van der Waals surface area (Å²) in [5.41, 5.74) is 0. The first-order chi connectivity index (χ1) is 11.1. The minimum Gasteiger partial charge on any atom is -0.356 e. The fourth-order valence-electron chi connectivity index (χ4n) is 2.58. The van der Waals surface area contributed by atoms with E-state index in [0.29, 0.717) is 19.0 Å². The highest BCUT2D eigenvalue weighted by atomic mass is 32.1. The lowest BCUT2D eigenvalue weighted by Crippen LogP contribution is -2.30. The molecule has 2 aromatic heterocycles. The quantitative estimate of drug-likeness (QED) is 0.755. The third-order valence-corrected chi connectivity index (χ3v) is 5.94. The highest BCUT2D eigenvalue weighted by Gasteiger charge is 2.44. The summed E-state index contributed by atoms with van der Waals surface area (Å²) in [6.07, 6.45) is 1.71. The summed E-state index contributed by atoms with van der Waals surface area (Å²) in [6.45, 7) is 3.28. The normalized spacial score (nSPS) is 19.3. The Balaban J connectivity index is 1.31. The summed E-state index contributed by atoms with van der Waals surface area (Å²) >= 11 is 3.22. The Morgan fingerprint density at radius 1 is 1.22 bits per heavy atom. The largest absolute Gasteiger partial charge is 0.356 e. The number of hydrogen-bond donors (Lipinski definition) is 2.